The molecule has 0 bridgehead atoms. The molecule has 1 saturated heterocycles. The predicted octanol–water partition coefficient (Wildman–Crippen LogP) is 4.64. The summed E-state index contributed by atoms with van der Waals surface area (Å²) in [5.74, 6) is -0.0173. The van der Waals surface area contributed by atoms with Crippen molar-refractivity contribution in [2.75, 3.05) is 33.4 Å². The van der Waals surface area contributed by atoms with E-state index in [9.17, 15) is 14.0 Å². The summed E-state index contributed by atoms with van der Waals surface area (Å²) in [4.78, 5) is 27.2. The molecule has 1 aliphatic rings. The van der Waals surface area contributed by atoms with Crippen LogP contribution in [0.25, 0.3) is 11.1 Å². The lowest BCUT2D eigenvalue weighted by Crippen LogP contribution is -2.52. The Bertz CT molecular complexity index is 1020. The van der Waals surface area contributed by atoms with Gasteiger partial charge in [-0.15, -0.1) is 0 Å². The summed E-state index contributed by atoms with van der Waals surface area (Å²) in [6.45, 7) is 8.27. The number of ether oxygens (including phenoxy) is 2. The van der Waals surface area contributed by atoms with E-state index in [0.29, 0.717) is 42.1 Å². The first-order valence-electron chi connectivity index (χ1n) is 12.4. The molecule has 0 aromatic heterocycles. The quantitative estimate of drug-likeness (QED) is 0.372. The number of Topliss-reactive ketones (excluding diaryl/α,β-unsaturated/α-hetero) is 1. The summed E-state index contributed by atoms with van der Waals surface area (Å²) in [6, 6.07) is 10.0. The number of nitrogens with zero attached hydrogens (tertiary/aromatic N) is 1. The largest absolute Gasteiger partial charge is 0.493 e. The second kappa shape index (κ2) is 12.8. The van der Waals surface area contributed by atoms with Crippen LogP contribution in [0.15, 0.2) is 36.4 Å². The van der Waals surface area contributed by atoms with E-state index < -0.39 is 5.82 Å². The summed E-state index contributed by atoms with van der Waals surface area (Å²) in [5.41, 5.74) is 2.09. The van der Waals surface area contributed by atoms with E-state index >= 15 is 0 Å². The van der Waals surface area contributed by atoms with Crippen molar-refractivity contribution >= 4 is 11.7 Å². The topological polar surface area (TPSA) is 67.9 Å². The standard InChI is InChI=1S/C28H37FN2O4/c1-19(2)31(23-7-5-12-30-18-23)28(33)16-21-8-10-24(27(15-21)35-14-6-13-34-4)25-17-22(20(3)32)9-11-26(25)29/h8-11,15,17,19,23,30H,5-7,12-14,16,18H2,1-4H3/t23-/m1/s1. The Balaban J connectivity index is 1.90. The lowest BCUT2D eigenvalue weighted by molar-refractivity contribution is -0.135. The zero-order valence-electron chi connectivity index (χ0n) is 21.2. The number of halogens is 1. The van der Waals surface area contributed by atoms with Crippen LogP contribution in [0.1, 0.15) is 56.0 Å². The van der Waals surface area contributed by atoms with E-state index in [1.807, 2.05) is 30.9 Å². The predicted molar refractivity (Wildman–Crippen MR) is 135 cm³/mol. The molecular formula is C28H37FN2O4. The monoisotopic (exact) mass is 484 g/mol. The van der Waals surface area contributed by atoms with Crippen molar-refractivity contribution in [2.24, 2.45) is 0 Å². The number of ketones is 1. The van der Waals surface area contributed by atoms with Crippen molar-refractivity contribution in [1.82, 2.24) is 10.2 Å². The molecule has 0 saturated carbocycles. The molecule has 3 rings (SSSR count). The van der Waals surface area contributed by atoms with E-state index in [-0.39, 0.29) is 30.2 Å². The maximum atomic E-state index is 14.8. The maximum Gasteiger partial charge on any atom is 0.227 e. The summed E-state index contributed by atoms with van der Waals surface area (Å²) < 4.78 is 25.9. The van der Waals surface area contributed by atoms with E-state index in [1.165, 1.54) is 19.1 Å². The molecule has 0 spiro atoms. The lowest BCUT2D eigenvalue weighted by Gasteiger charge is -2.37. The van der Waals surface area contributed by atoms with Gasteiger partial charge in [0.2, 0.25) is 5.91 Å². The van der Waals surface area contributed by atoms with Crippen LogP contribution in [0.3, 0.4) is 0 Å². The van der Waals surface area contributed by atoms with E-state index in [0.717, 1.165) is 31.5 Å². The second-order valence-corrected chi connectivity index (χ2v) is 9.35. The molecule has 190 valence electrons. The zero-order chi connectivity index (χ0) is 25.4. The fraction of sp³-hybridized carbons (Fsp3) is 0.500. The SMILES string of the molecule is COCCCOc1cc(CC(=O)N(C(C)C)[C@@H]2CCCNC2)ccc1-c1cc(C(C)=O)ccc1F. The average Bonchev–Trinajstić information content (AvgIpc) is 2.83. The number of amides is 1. The van der Waals surface area contributed by atoms with Crippen LogP contribution in [-0.2, 0) is 16.0 Å². The number of carbonyl (C=O) groups excluding carboxylic acids is 2. The Morgan fingerprint density at radius 3 is 2.60 bits per heavy atom. The third-order valence-electron chi connectivity index (χ3n) is 6.32. The number of carbonyl (C=O) groups is 2. The average molecular weight is 485 g/mol. The Hall–Kier alpha value is -2.77. The summed E-state index contributed by atoms with van der Waals surface area (Å²) in [7, 11) is 1.63. The van der Waals surface area contributed by atoms with Gasteiger partial charge in [0.1, 0.15) is 11.6 Å². The molecule has 1 atom stereocenters. The minimum absolute atomic E-state index is 0.0662. The summed E-state index contributed by atoms with van der Waals surface area (Å²) in [5, 5.41) is 3.39. The van der Waals surface area contributed by atoms with Crippen molar-refractivity contribution in [3.8, 4) is 16.9 Å². The van der Waals surface area contributed by atoms with E-state index in [4.69, 9.17) is 9.47 Å². The Morgan fingerprint density at radius 2 is 1.94 bits per heavy atom. The minimum Gasteiger partial charge on any atom is -0.493 e. The van der Waals surface area contributed by atoms with Gasteiger partial charge in [-0.3, -0.25) is 9.59 Å². The lowest BCUT2D eigenvalue weighted by atomic mass is 9.97. The molecule has 2 aromatic carbocycles. The van der Waals surface area contributed by atoms with Gasteiger partial charge in [0.15, 0.2) is 5.78 Å². The number of nitrogens with one attached hydrogen (secondary N) is 1. The van der Waals surface area contributed by atoms with Gasteiger partial charge < -0.3 is 19.7 Å². The second-order valence-electron chi connectivity index (χ2n) is 9.35. The number of hydrogen-bond donors (Lipinski definition) is 1. The van der Waals surface area contributed by atoms with Crippen LogP contribution in [0.4, 0.5) is 4.39 Å². The molecule has 1 heterocycles. The fourth-order valence-electron chi connectivity index (χ4n) is 4.60. The van der Waals surface area contributed by atoms with Gasteiger partial charge >= 0.3 is 0 Å². The summed E-state index contributed by atoms with van der Waals surface area (Å²) in [6.07, 6.45) is 2.96. The Morgan fingerprint density at radius 1 is 1.14 bits per heavy atom. The molecular weight excluding hydrogens is 447 g/mol. The van der Waals surface area contributed by atoms with Gasteiger partial charge in [0.25, 0.3) is 0 Å². The molecule has 1 fully saturated rings. The van der Waals surface area contributed by atoms with Crippen LogP contribution in [0.2, 0.25) is 0 Å². The van der Waals surface area contributed by atoms with E-state index in [2.05, 4.69) is 5.32 Å². The first-order chi connectivity index (χ1) is 16.8. The molecule has 0 unspecified atom stereocenters. The van der Waals surface area contributed by atoms with Crippen LogP contribution < -0.4 is 10.1 Å². The molecule has 7 heteroatoms. The van der Waals surface area contributed by atoms with Crippen molar-refractivity contribution in [1.29, 1.82) is 0 Å². The smallest absolute Gasteiger partial charge is 0.227 e. The molecule has 1 N–H and O–H groups in total. The normalized spacial score (nSPS) is 15.8. The third kappa shape index (κ3) is 7.12. The van der Waals surface area contributed by atoms with Crippen LogP contribution in [0.5, 0.6) is 5.75 Å². The Labute approximate surface area is 207 Å². The number of piperidine rings is 1. The third-order valence-corrected chi connectivity index (χ3v) is 6.32. The van der Waals surface area contributed by atoms with Gasteiger partial charge in [0.05, 0.1) is 13.0 Å². The molecule has 0 aliphatic carbocycles. The minimum atomic E-state index is -0.434. The molecule has 2 aromatic rings. The Kier molecular flexibility index (Phi) is 9.81. The molecule has 35 heavy (non-hydrogen) atoms. The molecule has 1 aliphatic heterocycles. The van der Waals surface area contributed by atoms with Crippen LogP contribution in [-0.4, -0.2) is 62.1 Å². The van der Waals surface area contributed by atoms with Crippen molar-refractivity contribution < 1.29 is 23.5 Å². The van der Waals surface area contributed by atoms with Gasteiger partial charge in [-0.25, -0.2) is 4.39 Å². The highest BCUT2D eigenvalue weighted by atomic mass is 19.1. The first-order valence-corrected chi connectivity index (χ1v) is 12.4. The molecule has 0 radical (unpaired) electrons. The summed E-state index contributed by atoms with van der Waals surface area (Å²) >= 11 is 0. The van der Waals surface area contributed by atoms with Crippen molar-refractivity contribution in [3.63, 3.8) is 0 Å². The number of benzene rings is 2. The first kappa shape index (κ1) is 26.8. The number of hydrogen-bond acceptors (Lipinski definition) is 5. The number of rotatable bonds is 11. The van der Waals surface area contributed by atoms with E-state index in [1.54, 1.807) is 19.2 Å². The van der Waals surface area contributed by atoms with Gasteiger partial charge in [-0.1, -0.05) is 12.1 Å². The highest BCUT2D eigenvalue weighted by molar-refractivity contribution is 5.95. The maximum absolute atomic E-state index is 14.8. The highest BCUT2D eigenvalue weighted by Crippen LogP contribution is 2.34. The molecule has 6 nitrogen and oxygen atoms in total. The zero-order valence-corrected chi connectivity index (χ0v) is 21.2. The highest BCUT2D eigenvalue weighted by Gasteiger charge is 2.27. The van der Waals surface area contributed by atoms with Crippen LogP contribution >= 0.6 is 0 Å². The fourth-order valence-corrected chi connectivity index (χ4v) is 4.60. The van der Waals surface area contributed by atoms with Crippen LogP contribution in [0, 0.1) is 5.82 Å². The number of methoxy groups -OCH3 is 1. The van der Waals surface area contributed by atoms with Gasteiger partial charge in [0, 0.05) is 55.5 Å². The van der Waals surface area contributed by atoms with Gasteiger partial charge in [-0.2, -0.15) is 0 Å². The molecule has 1 amide bonds. The van der Waals surface area contributed by atoms with Crippen molar-refractivity contribution in [2.45, 2.75) is 58.5 Å². The van der Waals surface area contributed by atoms with Crippen molar-refractivity contribution in [3.05, 3.63) is 53.3 Å². The van der Waals surface area contributed by atoms with Gasteiger partial charge in [-0.05, 0) is 70.0 Å².